The van der Waals surface area contributed by atoms with Gasteiger partial charge in [0, 0.05) is 18.3 Å². The predicted molar refractivity (Wildman–Crippen MR) is 108 cm³/mol. The number of hydrogen-bond acceptors (Lipinski definition) is 3. The molecule has 0 amide bonds. The Morgan fingerprint density at radius 2 is 1.68 bits per heavy atom. The van der Waals surface area contributed by atoms with Crippen LogP contribution in [0.4, 0.5) is 0 Å². The van der Waals surface area contributed by atoms with Crippen molar-refractivity contribution in [2.45, 2.75) is 77.4 Å². The van der Waals surface area contributed by atoms with Gasteiger partial charge in [-0.05, 0) is 68.1 Å². The van der Waals surface area contributed by atoms with Gasteiger partial charge >= 0.3 is 0 Å². The van der Waals surface area contributed by atoms with Crippen LogP contribution in [0, 0.1) is 34.0 Å². The van der Waals surface area contributed by atoms with E-state index in [4.69, 9.17) is 9.47 Å². The number of rotatable bonds is 0. The molecule has 6 aliphatic rings. The van der Waals surface area contributed by atoms with E-state index in [1.807, 2.05) is 0 Å². The minimum absolute atomic E-state index is 0.156. The molecule has 1 aliphatic heterocycles. The first-order valence-electron chi connectivity index (χ1n) is 11.6. The van der Waals surface area contributed by atoms with E-state index in [2.05, 4.69) is 32.1 Å². The molecule has 0 bridgehead atoms. The molecule has 152 valence electrons. The average molecular weight is 383 g/mol. The number of carbonyl (C=O) groups is 1. The van der Waals surface area contributed by atoms with Gasteiger partial charge < -0.3 is 9.47 Å². The molecule has 0 aromatic rings. The highest BCUT2D eigenvalue weighted by atomic mass is 16.7. The van der Waals surface area contributed by atoms with Crippen LogP contribution in [0.2, 0.25) is 0 Å². The van der Waals surface area contributed by atoms with Gasteiger partial charge in [-0.25, -0.2) is 0 Å². The summed E-state index contributed by atoms with van der Waals surface area (Å²) in [7, 11) is 0. The van der Waals surface area contributed by atoms with Crippen LogP contribution in [-0.4, -0.2) is 24.8 Å². The van der Waals surface area contributed by atoms with Crippen molar-refractivity contribution in [1.82, 2.24) is 0 Å². The minimum Gasteiger partial charge on any atom is -0.347 e. The van der Waals surface area contributed by atoms with Crippen molar-refractivity contribution in [1.29, 1.82) is 0 Å². The van der Waals surface area contributed by atoms with Crippen molar-refractivity contribution < 1.29 is 14.3 Å². The van der Waals surface area contributed by atoms with Gasteiger partial charge in [0.1, 0.15) is 5.78 Å². The molecule has 28 heavy (non-hydrogen) atoms. The Kier molecular flexibility index (Phi) is 3.58. The third kappa shape index (κ3) is 1.92. The molecule has 0 radical (unpaired) electrons. The van der Waals surface area contributed by atoms with Gasteiger partial charge in [-0.1, -0.05) is 37.6 Å². The van der Waals surface area contributed by atoms with Gasteiger partial charge in [-0.3, -0.25) is 4.79 Å². The van der Waals surface area contributed by atoms with Crippen molar-refractivity contribution in [2.75, 3.05) is 13.2 Å². The lowest BCUT2D eigenvalue weighted by Crippen LogP contribution is -2.57. The van der Waals surface area contributed by atoms with Crippen LogP contribution in [-0.2, 0) is 14.3 Å². The number of hydrogen-bond donors (Lipinski definition) is 0. The number of carbonyl (C=O) groups excluding carboxylic acids is 1. The fourth-order valence-corrected chi connectivity index (χ4v) is 8.90. The van der Waals surface area contributed by atoms with E-state index in [1.54, 1.807) is 0 Å². The lowest BCUT2D eigenvalue weighted by molar-refractivity contribution is -0.242. The van der Waals surface area contributed by atoms with Crippen LogP contribution < -0.4 is 0 Å². The summed E-state index contributed by atoms with van der Waals surface area (Å²) in [5.74, 6) is 2.32. The first-order valence-corrected chi connectivity index (χ1v) is 11.6. The van der Waals surface area contributed by atoms with Crippen LogP contribution in [0.3, 0.4) is 0 Å². The van der Waals surface area contributed by atoms with E-state index in [9.17, 15) is 4.79 Å². The molecule has 1 saturated heterocycles. The lowest BCUT2D eigenvalue weighted by Gasteiger charge is -2.60. The summed E-state index contributed by atoms with van der Waals surface area (Å²) in [6, 6.07) is 0. The fourth-order valence-electron chi connectivity index (χ4n) is 8.90. The third-order valence-electron chi connectivity index (χ3n) is 10.3. The SMILES string of the molecule is C[C@]12CCC(=O)C3(CC=CC3)C1=CC[C@@H]1[C@@H]2CC[C@@]2(C)[C@H]1CCC21OCCO1. The zero-order valence-corrected chi connectivity index (χ0v) is 17.5. The number of ether oxygens (including phenoxy) is 2. The molecule has 3 nitrogen and oxygen atoms in total. The molecule has 3 heteroatoms. The molecule has 1 heterocycles. The van der Waals surface area contributed by atoms with Crippen LogP contribution in [0.1, 0.15) is 71.6 Å². The van der Waals surface area contributed by atoms with E-state index in [0.717, 1.165) is 57.7 Å². The van der Waals surface area contributed by atoms with E-state index in [1.165, 1.54) is 24.8 Å². The number of fused-ring (bicyclic) bond motifs is 7. The van der Waals surface area contributed by atoms with Crippen LogP contribution in [0.15, 0.2) is 23.8 Å². The summed E-state index contributed by atoms with van der Waals surface area (Å²) >= 11 is 0. The Hall–Kier alpha value is -0.930. The molecule has 3 saturated carbocycles. The maximum atomic E-state index is 13.1. The van der Waals surface area contributed by atoms with E-state index in [0.29, 0.717) is 17.6 Å². The van der Waals surface area contributed by atoms with Crippen LogP contribution >= 0.6 is 0 Å². The van der Waals surface area contributed by atoms with E-state index < -0.39 is 0 Å². The molecule has 0 unspecified atom stereocenters. The second-order valence-electron chi connectivity index (χ2n) is 11.0. The largest absolute Gasteiger partial charge is 0.347 e. The maximum absolute atomic E-state index is 13.1. The second-order valence-corrected chi connectivity index (χ2v) is 11.0. The summed E-state index contributed by atoms with van der Waals surface area (Å²) in [6.07, 6.45) is 16.7. The van der Waals surface area contributed by atoms with Gasteiger partial charge in [-0.2, -0.15) is 0 Å². The highest BCUT2D eigenvalue weighted by Crippen LogP contribution is 2.70. The molecular formula is C25H34O3. The monoisotopic (exact) mass is 382 g/mol. The van der Waals surface area contributed by atoms with Gasteiger partial charge in [0.2, 0.25) is 0 Å². The Bertz CT molecular complexity index is 765. The Morgan fingerprint density at radius 1 is 0.964 bits per heavy atom. The summed E-state index contributed by atoms with van der Waals surface area (Å²) in [5, 5.41) is 0. The van der Waals surface area contributed by atoms with Crippen molar-refractivity contribution in [2.24, 2.45) is 34.0 Å². The predicted octanol–water partition coefficient (Wildman–Crippen LogP) is 5.21. The second kappa shape index (κ2) is 5.60. The average Bonchev–Trinajstić information content (AvgIpc) is 3.41. The first kappa shape index (κ1) is 17.9. The number of allylic oxidation sites excluding steroid dienone is 4. The summed E-state index contributed by atoms with van der Waals surface area (Å²) in [4.78, 5) is 13.1. The minimum atomic E-state index is -0.313. The van der Waals surface area contributed by atoms with Crippen molar-refractivity contribution in [3.8, 4) is 0 Å². The van der Waals surface area contributed by atoms with Gasteiger partial charge in [0.25, 0.3) is 0 Å². The zero-order valence-electron chi connectivity index (χ0n) is 17.5. The molecule has 6 rings (SSSR count). The van der Waals surface area contributed by atoms with Crippen molar-refractivity contribution in [3.63, 3.8) is 0 Å². The summed E-state index contributed by atoms with van der Waals surface area (Å²) < 4.78 is 12.6. The maximum Gasteiger partial charge on any atom is 0.174 e. The Morgan fingerprint density at radius 3 is 2.43 bits per heavy atom. The van der Waals surface area contributed by atoms with Crippen LogP contribution in [0.25, 0.3) is 0 Å². The highest BCUT2D eigenvalue weighted by molar-refractivity contribution is 5.90. The fraction of sp³-hybridized carbons (Fsp3) is 0.800. The molecule has 0 aromatic heterocycles. The molecular weight excluding hydrogens is 348 g/mol. The molecule has 4 fully saturated rings. The third-order valence-corrected chi connectivity index (χ3v) is 10.3. The molecule has 2 spiro atoms. The zero-order chi connectivity index (χ0) is 19.2. The summed E-state index contributed by atoms with van der Waals surface area (Å²) in [6.45, 7) is 6.49. The van der Waals surface area contributed by atoms with Crippen molar-refractivity contribution >= 4 is 5.78 Å². The number of ketones is 1. The summed E-state index contributed by atoms with van der Waals surface area (Å²) in [5.41, 5.74) is 1.70. The molecule has 0 N–H and O–H groups in total. The number of Topliss-reactive ketones (excluding diaryl/α,β-unsaturated/α-hetero) is 1. The van der Waals surface area contributed by atoms with Crippen molar-refractivity contribution in [3.05, 3.63) is 23.8 Å². The molecule has 5 aliphatic carbocycles. The van der Waals surface area contributed by atoms with Crippen LogP contribution in [0.5, 0.6) is 0 Å². The Balaban J connectivity index is 1.39. The molecule has 5 atom stereocenters. The Labute approximate surface area is 168 Å². The van der Waals surface area contributed by atoms with Gasteiger partial charge in [0.15, 0.2) is 5.79 Å². The lowest BCUT2D eigenvalue weighted by atomic mass is 9.44. The standard InChI is InChI=1S/C25H34O3/c1-22-12-9-21(26)24(10-3-4-11-24)20(22)6-5-17-18(22)7-13-23(2)19(17)8-14-25(23)27-15-16-28-25/h3-4,6,17-19H,5,7-16H2,1-2H3/t17-,18+,19+,22-,23+/m1/s1. The molecule has 0 aromatic carbocycles. The van der Waals surface area contributed by atoms with Gasteiger partial charge in [-0.15, -0.1) is 0 Å². The quantitative estimate of drug-likeness (QED) is 0.540. The normalized spacial score (nSPS) is 47.9. The van der Waals surface area contributed by atoms with Gasteiger partial charge in [0.05, 0.1) is 18.6 Å². The topological polar surface area (TPSA) is 35.5 Å². The van der Waals surface area contributed by atoms with E-state index >= 15 is 0 Å². The smallest absolute Gasteiger partial charge is 0.174 e. The highest BCUT2D eigenvalue weighted by Gasteiger charge is 2.67. The first-order chi connectivity index (χ1) is 13.5. The van der Waals surface area contributed by atoms with E-state index in [-0.39, 0.29) is 22.0 Å².